The van der Waals surface area contributed by atoms with Gasteiger partial charge in [0.05, 0.1) is 36.5 Å². The number of fused-ring (bicyclic) bond motifs is 3. The van der Waals surface area contributed by atoms with E-state index in [2.05, 4.69) is 75.0 Å². The number of nitriles is 1. The molecule has 0 radical (unpaired) electrons. The summed E-state index contributed by atoms with van der Waals surface area (Å²) in [6, 6.07) is 34.7. The highest BCUT2D eigenvalue weighted by molar-refractivity contribution is 6.03. The van der Waals surface area contributed by atoms with Gasteiger partial charge >= 0.3 is 0 Å². The maximum Gasteiger partial charge on any atom is 0.254 e. The maximum atomic E-state index is 15.7. The summed E-state index contributed by atoms with van der Waals surface area (Å²) in [6.07, 6.45) is 10.9. The zero-order chi connectivity index (χ0) is 48.6. The second-order valence-electron chi connectivity index (χ2n) is 19.3. The number of rotatable bonds is 19. The molecule has 4 aliphatic rings. The normalized spacial score (nSPS) is 24.1. The summed E-state index contributed by atoms with van der Waals surface area (Å²) in [5.41, 5.74) is 6.72. The Labute approximate surface area is 412 Å². The zero-order valence-corrected chi connectivity index (χ0v) is 40.4. The first kappa shape index (κ1) is 48.7. The summed E-state index contributed by atoms with van der Waals surface area (Å²) < 4.78 is 27.7. The minimum Gasteiger partial charge on any atom is -0.459 e. The highest BCUT2D eigenvalue weighted by atomic mass is 16.8. The van der Waals surface area contributed by atoms with E-state index in [9.17, 15) is 15.5 Å². The van der Waals surface area contributed by atoms with Crippen molar-refractivity contribution in [3.8, 4) is 23.3 Å². The Kier molecular flexibility index (Phi) is 15.5. The molecule has 1 saturated carbocycles. The van der Waals surface area contributed by atoms with Crippen LogP contribution in [0.25, 0.3) is 10.8 Å². The lowest BCUT2D eigenvalue weighted by Gasteiger charge is -2.60. The van der Waals surface area contributed by atoms with Gasteiger partial charge in [-0.3, -0.25) is 4.79 Å². The van der Waals surface area contributed by atoms with Crippen molar-refractivity contribution in [2.45, 2.75) is 109 Å². The molecule has 5 aromatic rings. The molecule has 9 rings (SSSR count). The molecule has 364 valence electrons. The van der Waals surface area contributed by atoms with Gasteiger partial charge in [0.1, 0.15) is 23.3 Å². The molecule has 5 aromatic carbocycles. The van der Waals surface area contributed by atoms with Crippen LogP contribution in [0.3, 0.4) is 0 Å². The van der Waals surface area contributed by atoms with Crippen LogP contribution in [0.15, 0.2) is 133 Å². The summed E-state index contributed by atoms with van der Waals surface area (Å²) in [4.78, 5) is 24.0. The van der Waals surface area contributed by atoms with Crippen molar-refractivity contribution in [3.63, 3.8) is 0 Å². The van der Waals surface area contributed by atoms with Gasteiger partial charge < -0.3 is 38.9 Å². The monoisotopic (exact) mass is 943 g/mol. The van der Waals surface area contributed by atoms with Crippen LogP contribution in [-0.2, 0) is 20.9 Å². The zero-order valence-electron chi connectivity index (χ0n) is 40.4. The number of carbonyl (C=O) groups is 1. The predicted octanol–water partition coefficient (Wildman–Crippen LogP) is 11.6. The summed E-state index contributed by atoms with van der Waals surface area (Å²) in [5.74, 6) is -0.427. The molecule has 2 aliphatic heterocycles. The molecule has 1 amide bonds. The van der Waals surface area contributed by atoms with Gasteiger partial charge in [-0.2, -0.15) is 5.26 Å². The number of allylic oxidation sites excluding steroid dienone is 1. The third-order valence-electron chi connectivity index (χ3n) is 14.9. The first-order valence-corrected chi connectivity index (χ1v) is 25.1. The van der Waals surface area contributed by atoms with Crippen LogP contribution in [0.5, 0.6) is 17.2 Å². The van der Waals surface area contributed by atoms with E-state index in [1.165, 1.54) is 5.56 Å². The molecule has 11 heteroatoms. The Morgan fingerprint density at radius 2 is 1.69 bits per heavy atom. The van der Waals surface area contributed by atoms with Crippen LogP contribution in [0.4, 0.5) is 0 Å². The SMILES string of the molecule is C=CCOC12Oc3ccc(Oc4ccc(C)c(C)c4)cc3C3C(CCCCO)C(CCCCO)C=C(C(=NOC4CCCCO4)CC1N(Cc1cccc4ccccc14)C(=O)c1ccc(C#N)cc1)C32. The summed E-state index contributed by atoms with van der Waals surface area (Å²) in [6.45, 7) is 9.37. The van der Waals surface area contributed by atoms with Crippen molar-refractivity contribution in [2.24, 2.45) is 22.9 Å². The fourth-order valence-electron chi connectivity index (χ4n) is 11.3. The molecule has 70 heavy (non-hydrogen) atoms. The quantitative estimate of drug-likeness (QED) is 0.0470. The Hall–Kier alpha value is -6.29. The van der Waals surface area contributed by atoms with E-state index < -0.39 is 24.0 Å². The van der Waals surface area contributed by atoms with Crippen LogP contribution in [0.1, 0.15) is 108 Å². The van der Waals surface area contributed by atoms with E-state index in [-0.39, 0.29) is 56.4 Å². The highest BCUT2D eigenvalue weighted by Crippen LogP contribution is 2.62. The molecule has 0 spiro atoms. The number of hydrogen-bond donors (Lipinski definition) is 2. The second-order valence-corrected chi connectivity index (χ2v) is 19.3. The van der Waals surface area contributed by atoms with E-state index in [4.69, 9.17) is 28.9 Å². The van der Waals surface area contributed by atoms with Crippen molar-refractivity contribution >= 4 is 22.4 Å². The van der Waals surface area contributed by atoms with Crippen molar-refractivity contribution in [1.29, 1.82) is 5.26 Å². The minimum atomic E-state index is -1.49. The van der Waals surface area contributed by atoms with E-state index in [0.29, 0.717) is 54.2 Å². The van der Waals surface area contributed by atoms with Gasteiger partial charge in [-0.05, 0) is 152 Å². The number of oxime groups is 1. The molecule has 11 nitrogen and oxygen atoms in total. The first-order chi connectivity index (χ1) is 34.2. The smallest absolute Gasteiger partial charge is 0.254 e. The molecular weight excluding hydrogens is 879 g/mol. The standard InChI is InChI=1S/C59H65N3O8/c1-4-31-67-59-54(62(58(65)43-24-22-41(37-60)23-25-43)38-45-17-13-16-42-14-5-6-18-48(42)45)36-52(61-70-55-20-9-12-32-66-55)50-34-44(15-7-10-29-63)49(19-8-11-30-64)56(57(50)59)51-35-47(27-28-53(51)69-59)68-46-26-21-39(2)40(3)33-46/h4-6,13-14,16-18,21-28,33-35,44,49,54-57,63-64H,1,7-12,15,19-20,29-32,36,38H2,2-3H3. The third-order valence-corrected chi connectivity index (χ3v) is 14.9. The topological polar surface area (TPSA) is 143 Å². The third kappa shape index (κ3) is 10.1. The van der Waals surface area contributed by atoms with Gasteiger partial charge in [0, 0.05) is 49.6 Å². The van der Waals surface area contributed by atoms with Gasteiger partial charge in [0.2, 0.25) is 12.1 Å². The first-order valence-electron chi connectivity index (χ1n) is 25.1. The van der Waals surface area contributed by atoms with Crippen molar-refractivity contribution in [3.05, 3.63) is 161 Å². The summed E-state index contributed by atoms with van der Waals surface area (Å²) in [5, 5.41) is 37.1. The number of hydrogen-bond acceptors (Lipinski definition) is 10. The average molecular weight is 944 g/mol. The highest BCUT2D eigenvalue weighted by Gasteiger charge is 2.65. The summed E-state index contributed by atoms with van der Waals surface area (Å²) in [7, 11) is 0. The fraction of sp³-hybridized carbons (Fsp3) is 0.407. The van der Waals surface area contributed by atoms with E-state index in [1.807, 2.05) is 41.3 Å². The Bertz CT molecular complexity index is 2750. The molecule has 7 atom stereocenters. The average Bonchev–Trinajstić information content (AvgIpc) is 3.39. The van der Waals surface area contributed by atoms with Crippen LogP contribution in [0.2, 0.25) is 0 Å². The summed E-state index contributed by atoms with van der Waals surface area (Å²) >= 11 is 0. The molecule has 2 heterocycles. The molecule has 2 N–H and O–H groups in total. The number of benzene rings is 5. The number of ether oxygens (including phenoxy) is 4. The van der Waals surface area contributed by atoms with Gasteiger partial charge in [0.25, 0.3) is 5.91 Å². The van der Waals surface area contributed by atoms with Crippen LogP contribution in [0, 0.1) is 42.9 Å². The molecular formula is C59H65N3O8. The number of unbranched alkanes of at least 4 members (excludes halogenated alkanes) is 2. The van der Waals surface area contributed by atoms with Crippen molar-refractivity contribution in [2.75, 3.05) is 26.4 Å². The molecule has 2 aliphatic carbocycles. The van der Waals surface area contributed by atoms with Gasteiger partial charge in [-0.15, -0.1) is 6.58 Å². The van der Waals surface area contributed by atoms with Crippen molar-refractivity contribution in [1.82, 2.24) is 4.90 Å². The number of aliphatic hydroxyl groups excluding tert-OH is 2. The lowest BCUT2D eigenvalue weighted by atomic mass is 9.55. The van der Waals surface area contributed by atoms with Crippen molar-refractivity contribution < 1.29 is 38.8 Å². The lowest BCUT2D eigenvalue weighted by molar-refractivity contribution is -0.255. The Morgan fingerprint density at radius 1 is 0.914 bits per heavy atom. The molecule has 7 unspecified atom stereocenters. The molecule has 2 fully saturated rings. The van der Waals surface area contributed by atoms with Gasteiger partial charge in [-0.25, -0.2) is 0 Å². The van der Waals surface area contributed by atoms with Crippen LogP contribution >= 0.6 is 0 Å². The Balaban J connectivity index is 1.28. The minimum absolute atomic E-state index is 0.0218. The fourth-order valence-corrected chi connectivity index (χ4v) is 11.3. The number of nitrogens with zero attached hydrogens (tertiary/aromatic N) is 3. The number of carbonyl (C=O) groups excluding carboxylic acids is 1. The van der Waals surface area contributed by atoms with E-state index in [0.717, 1.165) is 77.3 Å². The number of aryl methyl sites for hydroxylation is 2. The van der Waals surface area contributed by atoms with Crippen LogP contribution < -0.4 is 9.47 Å². The molecule has 0 aromatic heterocycles. The molecule has 1 saturated heterocycles. The predicted molar refractivity (Wildman–Crippen MR) is 271 cm³/mol. The van der Waals surface area contributed by atoms with E-state index >= 15 is 4.79 Å². The second kappa shape index (κ2) is 22.2. The largest absolute Gasteiger partial charge is 0.459 e. The van der Waals surface area contributed by atoms with E-state index in [1.54, 1.807) is 30.3 Å². The Morgan fingerprint density at radius 3 is 2.44 bits per heavy atom. The maximum absolute atomic E-state index is 15.7. The van der Waals surface area contributed by atoms with Gasteiger partial charge in [-0.1, -0.05) is 78.7 Å². The molecule has 0 bridgehead atoms. The van der Waals surface area contributed by atoms with Crippen LogP contribution in [-0.4, -0.2) is 71.3 Å². The number of aliphatic hydroxyl groups is 2. The van der Waals surface area contributed by atoms with Gasteiger partial charge in [0.15, 0.2) is 0 Å². The number of amides is 1. The lowest BCUT2D eigenvalue weighted by Crippen LogP contribution is -2.70.